The number of carbonyl (C=O) groups excluding carboxylic acids is 2. The first-order valence-electron chi connectivity index (χ1n) is 16.2. The Balaban J connectivity index is 0.962. The number of fused-ring (bicyclic) bond motifs is 1. The summed E-state index contributed by atoms with van der Waals surface area (Å²) in [5.74, 6) is 0.981. The fourth-order valence-electron chi connectivity index (χ4n) is 6.19. The number of nitrogens with one attached hydrogen (secondary N) is 2. The molecule has 0 spiro atoms. The summed E-state index contributed by atoms with van der Waals surface area (Å²) in [5, 5.41) is 16.7. The Morgan fingerprint density at radius 2 is 2.00 bits per heavy atom. The number of benzene rings is 1. The van der Waals surface area contributed by atoms with Gasteiger partial charge in [-0.15, -0.1) is 11.3 Å². The predicted molar refractivity (Wildman–Crippen MR) is 186 cm³/mol. The minimum atomic E-state index is -1.08. The van der Waals surface area contributed by atoms with Crippen LogP contribution in [0.15, 0.2) is 55.1 Å². The molecule has 2 amide bonds. The molecule has 2 N–H and O–H groups in total. The van der Waals surface area contributed by atoms with Gasteiger partial charge in [0.15, 0.2) is 11.4 Å². The van der Waals surface area contributed by atoms with E-state index in [-0.39, 0.29) is 24.5 Å². The quantitative estimate of drug-likeness (QED) is 0.221. The maximum atomic E-state index is 13.7. The van der Waals surface area contributed by atoms with Crippen molar-refractivity contribution in [3.05, 3.63) is 60.1 Å². The number of H-pyrrole nitrogens is 1. The van der Waals surface area contributed by atoms with Crippen molar-refractivity contribution in [3.8, 4) is 27.8 Å². The van der Waals surface area contributed by atoms with Gasteiger partial charge in [0.1, 0.15) is 17.0 Å². The van der Waals surface area contributed by atoms with Crippen LogP contribution in [0.5, 0.6) is 5.88 Å². The number of aryl methyl sites for hydroxylation is 1. The van der Waals surface area contributed by atoms with Gasteiger partial charge in [0.05, 0.1) is 23.0 Å². The number of carbonyl (C=O) groups is 2. The van der Waals surface area contributed by atoms with E-state index < -0.39 is 5.60 Å². The van der Waals surface area contributed by atoms with E-state index in [1.54, 1.807) is 41.8 Å². The first kappa shape index (κ1) is 32.6. The Labute approximate surface area is 287 Å². The van der Waals surface area contributed by atoms with Crippen LogP contribution in [-0.4, -0.2) is 108 Å². The molecule has 0 unspecified atom stereocenters. The van der Waals surface area contributed by atoms with Crippen LogP contribution in [0.2, 0.25) is 0 Å². The summed E-state index contributed by atoms with van der Waals surface area (Å²) in [6.45, 7) is 6.13. The molecule has 0 aliphatic carbocycles. The summed E-state index contributed by atoms with van der Waals surface area (Å²) < 4.78 is 13.2. The summed E-state index contributed by atoms with van der Waals surface area (Å²) in [6.07, 6.45) is 8.48. The number of nitrogens with zero attached hydrogens (tertiary/aromatic N) is 8. The molecule has 15 heteroatoms. The Morgan fingerprint density at radius 1 is 1.12 bits per heavy atom. The average molecular weight is 683 g/mol. The molecule has 5 aromatic rings. The summed E-state index contributed by atoms with van der Waals surface area (Å²) in [4.78, 5) is 45.1. The van der Waals surface area contributed by atoms with Gasteiger partial charge in [-0.05, 0) is 56.5 Å². The van der Waals surface area contributed by atoms with Crippen molar-refractivity contribution >= 4 is 45.3 Å². The summed E-state index contributed by atoms with van der Waals surface area (Å²) >= 11 is 1.56. The highest BCUT2D eigenvalue weighted by molar-refractivity contribution is 7.16. The van der Waals surface area contributed by atoms with Gasteiger partial charge < -0.3 is 19.7 Å². The van der Waals surface area contributed by atoms with Crippen molar-refractivity contribution in [2.45, 2.75) is 38.4 Å². The summed E-state index contributed by atoms with van der Waals surface area (Å²) in [5.41, 5.74) is 3.05. The highest BCUT2D eigenvalue weighted by Gasteiger charge is 2.45. The number of rotatable bonds is 10. The number of thiazole rings is 1. The van der Waals surface area contributed by atoms with E-state index in [1.165, 1.54) is 0 Å². The maximum absolute atomic E-state index is 13.7. The number of anilines is 1. The molecule has 0 bridgehead atoms. The second-order valence-corrected chi connectivity index (χ2v) is 13.6. The zero-order chi connectivity index (χ0) is 34.1. The molecule has 1 fully saturated rings. The number of methoxy groups -OCH3 is 1. The summed E-state index contributed by atoms with van der Waals surface area (Å²) in [7, 11) is 3.38. The third-order valence-corrected chi connectivity index (χ3v) is 9.89. The highest BCUT2D eigenvalue weighted by Crippen LogP contribution is 2.33. The average Bonchev–Trinajstić information content (AvgIpc) is 3.92. The SMILES string of the molecule is CO[C@@]1(C(=O)Nc2ccc3[nH]nc(-c4ccc(OC(C)C)nc4)c3c2)CCN(CC(=O)N2CC=C(c3ncc(-c4ncn(C)n4)s3)CC2)C1. The van der Waals surface area contributed by atoms with E-state index in [2.05, 4.69) is 41.6 Å². The standard InChI is InChI=1S/C34H38N10O4S/c1-21(2)48-28-8-5-23(16-35-28)30-25-15-24(6-7-26(25)39-40-30)38-33(46)34(47-4)11-14-43(19-34)18-29(45)44-12-9-22(10-13-44)32-36-17-27(49-32)31-37-20-42(3)41-31/h5-9,15-17,20-21H,10-14,18-19H2,1-4H3,(H,38,46)(H,39,40)/t34-/m0/s1. The fourth-order valence-corrected chi connectivity index (χ4v) is 7.11. The van der Waals surface area contributed by atoms with Crippen molar-refractivity contribution < 1.29 is 19.1 Å². The lowest BCUT2D eigenvalue weighted by Crippen LogP contribution is -2.48. The minimum absolute atomic E-state index is 0.0244. The van der Waals surface area contributed by atoms with E-state index in [0.717, 1.165) is 44.0 Å². The van der Waals surface area contributed by atoms with Crippen LogP contribution in [0.4, 0.5) is 5.69 Å². The molecule has 0 saturated carbocycles. The fraction of sp³-hybridized carbons (Fsp3) is 0.382. The Morgan fingerprint density at radius 3 is 2.71 bits per heavy atom. The molecule has 1 atom stereocenters. The maximum Gasteiger partial charge on any atom is 0.258 e. The first-order valence-corrected chi connectivity index (χ1v) is 17.0. The predicted octanol–water partition coefficient (Wildman–Crippen LogP) is 4.01. The molecule has 14 nitrogen and oxygen atoms in total. The number of pyridine rings is 1. The van der Waals surface area contributed by atoms with Crippen molar-refractivity contribution in [1.82, 2.24) is 44.7 Å². The third-order valence-electron chi connectivity index (χ3n) is 8.82. The second-order valence-electron chi connectivity index (χ2n) is 12.6. The van der Waals surface area contributed by atoms with E-state index in [9.17, 15) is 9.59 Å². The normalized spacial score (nSPS) is 18.3. The molecule has 6 heterocycles. The molecule has 2 aliphatic rings. The molecule has 254 valence electrons. The number of amides is 2. The highest BCUT2D eigenvalue weighted by atomic mass is 32.1. The smallest absolute Gasteiger partial charge is 0.258 e. The van der Waals surface area contributed by atoms with Gasteiger partial charge in [0.25, 0.3) is 5.91 Å². The molecule has 0 radical (unpaired) electrons. The lowest BCUT2D eigenvalue weighted by Gasteiger charge is -2.29. The number of aromatic nitrogens is 7. The minimum Gasteiger partial charge on any atom is -0.475 e. The van der Waals surface area contributed by atoms with Crippen molar-refractivity contribution in [3.63, 3.8) is 0 Å². The van der Waals surface area contributed by atoms with Gasteiger partial charge in [-0.25, -0.2) is 15.0 Å². The largest absolute Gasteiger partial charge is 0.475 e. The van der Waals surface area contributed by atoms with Crippen molar-refractivity contribution in [2.24, 2.45) is 7.05 Å². The first-order chi connectivity index (χ1) is 23.7. The molecule has 1 saturated heterocycles. The monoisotopic (exact) mass is 682 g/mol. The van der Waals surface area contributed by atoms with Crippen molar-refractivity contribution in [1.29, 1.82) is 0 Å². The molecular formula is C34H38N10O4S. The van der Waals surface area contributed by atoms with E-state index >= 15 is 0 Å². The topological polar surface area (TPSA) is 156 Å². The molecule has 2 aliphatic heterocycles. The second kappa shape index (κ2) is 13.5. The van der Waals surface area contributed by atoms with E-state index in [4.69, 9.17) is 9.47 Å². The van der Waals surface area contributed by atoms with Crippen LogP contribution in [0, 0.1) is 0 Å². The summed E-state index contributed by atoms with van der Waals surface area (Å²) in [6, 6.07) is 9.34. The Kier molecular flexibility index (Phi) is 8.96. The van der Waals surface area contributed by atoms with Gasteiger partial charge in [0, 0.05) is 75.4 Å². The lowest BCUT2D eigenvalue weighted by atomic mass is 10.0. The zero-order valence-electron chi connectivity index (χ0n) is 27.8. The van der Waals surface area contributed by atoms with Crippen LogP contribution in [-0.2, 0) is 21.4 Å². The zero-order valence-corrected chi connectivity index (χ0v) is 28.7. The van der Waals surface area contributed by atoms with Gasteiger partial charge in [-0.1, -0.05) is 6.08 Å². The molecular weight excluding hydrogens is 645 g/mol. The number of hydrogen-bond donors (Lipinski definition) is 2. The molecule has 49 heavy (non-hydrogen) atoms. The Hall–Kier alpha value is -4.99. The third kappa shape index (κ3) is 6.82. The van der Waals surface area contributed by atoms with Gasteiger partial charge in [0.2, 0.25) is 11.8 Å². The molecule has 4 aromatic heterocycles. The lowest BCUT2D eigenvalue weighted by molar-refractivity contribution is -0.138. The van der Waals surface area contributed by atoms with Crippen LogP contribution in [0.1, 0.15) is 31.7 Å². The van der Waals surface area contributed by atoms with E-state index in [1.807, 2.05) is 61.0 Å². The molecule has 7 rings (SSSR count). The van der Waals surface area contributed by atoms with Crippen LogP contribution < -0.4 is 10.1 Å². The number of ether oxygens (including phenoxy) is 2. The van der Waals surface area contributed by atoms with Crippen molar-refractivity contribution in [2.75, 3.05) is 45.2 Å². The van der Waals surface area contributed by atoms with Gasteiger partial charge in [-0.2, -0.15) is 10.2 Å². The number of likely N-dealkylation sites (tertiary alicyclic amines) is 1. The van der Waals surface area contributed by atoms with Gasteiger partial charge >= 0.3 is 0 Å². The molecule has 1 aromatic carbocycles. The number of hydrogen-bond acceptors (Lipinski definition) is 11. The van der Waals surface area contributed by atoms with Crippen LogP contribution >= 0.6 is 11.3 Å². The van der Waals surface area contributed by atoms with Crippen LogP contribution in [0.25, 0.3) is 38.4 Å². The van der Waals surface area contributed by atoms with Crippen LogP contribution in [0.3, 0.4) is 0 Å². The van der Waals surface area contributed by atoms with E-state index in [0.29, 0.717) is 50.0 Å². The number of aromatic amines is 1. The Bertz CT molecular complexity index is 2020. The van der Waals surface area contributed by atoms with Gasteiger partial charge in [-0.3, -0.25) is 24.3 Å².